The molecule has 0 saturated carbocycles. The number of methoxy groups -OCH3 is 1. The molecule has 0 saturated heterocycles. The first kappa shape index (κ1) is 15.1. The third-order valence-corrected chi connectivity index (χ3v) is 4.07. The maximum atomic E-state index is 11.6. The molecule has 0 amide bonds. The molecule has 0 unspecified atom stereocenters. The summed E-state index contributed by atoms with van der Waals surface area (Å²) in [6.45, 7) is 0. The average molecular weight is 334 g/mol. The summed E-state index contributed by atoms with van der Waals surface area (Å²) < 4.78 is 29.6. The van der Waals surface area contributed by atoms with Gasteiger partial charge in [-0.2, -0.15) is 4.57 Å². The first-order chi connectivity index (χ1) is 9.32. The van der Waals surface area contributed by atoms with Crippen molar-refractivity contribution in [2.45, 2.75) is 4.90 Å². The Morgan fingerprint density at radius 1 is 1.25 bits per heavy atom. The van der Waals surface area contributed by atoms with Crippen LogP contribution in [0.15, 0.2) is 41.6 Å². The SMILES string of the molecule is COc1cc[n+](-c2cc(Cl)ccc2Cl)cc1S(N)(=O)=O. The fourth-order valence-corrected chi connectivity index (χ4v) is 2.75. The van der Waals surface area contributed by atoms with Crippen LogP contribution in [0.4, 0.5) is 0 Å². The molecule has 1 heterocycles. The maximum Gasteiger partial charge on any atom is 0.247 e. The lowest BCUT2D eigenvalue weighted by molar-refractivity contribution is -0.597. The second kappa shape index (κ2) is 5.57. The summed E-state index contributed by atoms with van der Waals surface area (Å²) in [5.41, 5.74) is 0.534. The molecule has 2 aromatic rings. The number of halogens is 2. The summed E-state index contributed by atoms with van der Waals surface area (Å²) in [6.07, 6.45) is 2.93. The van der Waals surface area contributed by atoms with Crippen LogP contribution in [0.1, 0.15) is 0 Å². The van der Waals surface area contributed by atoms with Gasteiger partial charge >= 0.3 is 0 Å². The summed E-state index contributed by atoms with van der Waals surface area (Å²) >= 11 is 12.0. The molecule has 0 spiro atoms. The molecule has 5 nitrogen and oxygen atoms in total. The van der Waals surface area contributed by atoms with Crippen molar-refractivity contribution < 1.29 is 17.7 Å². The lowest BCUT2D eigenvalue weighted by Gasteiger charge is -2.06. The molecule has 20 heavy (non-hydrogen) atoms. The number of sulfonamides is 1. The van der Waals surface area contributed by atoms with Gasteiger partial charge in [0, 0.05) is 17.2 Å². The zero-order valence-electron chi connectivity index (χ0n) is 10.4. The highest BCUT2D eigenvalue weighted by Gasteiger charge is 2.22. The van der Waals surface area contributed by atoms with E-state index in [0.717, 1.165) is 0 Å². The number of pyridine rings is 1. The molecule has 0 bridgehead atoms. The zero-order valence-corrected chi connectivity index (χ0v) is 12.7. The molecule has 1 aromatic carbocycles. The predicted octanol–water partition coefficient (Wildman–Crippen LogP) is 1.93. The van der Waals surface area contributed by atoms with Crippen LogP contribution in [0.3, 0.4) is 0 Å². The standard InChI is InChI=1S/C12H11Cl2N2O3S/c1-19-11-4-5-16(7-12(11)20(15,17)18)10-6-8(13)2-3-9(10)14/h2-7H,1H3,(H2,15,17,18)/q+1. The van der Waals surface area contributed by atoms with Gasteiger partial charge in [0.15, 0.2) is 23.0 Å². The topological polar surface area (TPSA) is 73.3 Å². The molecule has 106 valence electrons. The number of primary sulfonamides is 1. The van der Waals surface area contributed by atoms with E-state index >= 15 is 0 Å². The quantitative estimate of drug-likeness (QED) is 0.872. The van der Waals surface area contributed by atoms with Gasteiger partial charge in [0.2, 0.25) is 15.7 Å². The third-order valence-electron chi connectivity index (χ3n) is 2.60. The Balaban J connectivity index is 2.68. The van der Waals surface area contributed by atoms with Crippen LogP contribution in [0, 0.1) is 0 Å². The fourth-order valence-electron chi connectivity index (χ4n) is 1.68. The number of hydrogen-bond acceptors (Lipinski definition) is 3. The molecule has 2 rings (SSSR count). The van der Waals surface area contributed by atoms with Crippen LogP contribution in [0.2, 0.25) is 10.0 Å². The van der Waals surface area contributed by atoms with Gasteiger partial charge in [-0.15, -0.1) is 0 Å². The van der Waals surface area contributed by atoms with Crippen molar-refractivity contribution in [1.29, 1.82) is 0 Å². The van der Waals surface area contributed by atoms with Gasteiger partial charge in [-0.1, -0.05) is 23.2 Å². The first-order valence-electron chi connectivity index (χ1n) is 5.40. The van der Waals surface area contributed by atoms with Crippen LogP contribution in [0.5, 0.6) is 5.75 Å². The molecule has 0 aliphatic carbocycles. The van der Waals surface area contributed by atoms with Gasteiger partial charge in [-0.3, -0.25) is 0 Å². The van der Waals surface area contributed by atoms with E-state index in [1.54, 1.807) is 24.4 Å². The van der Waals surface area contributed by atoms with Crippen molar-refractivity contribution in [3.05, 3.63) is 46.7 Å². The van der Waals surface area contributed by atoms with E-state index in [1.807, 2.05) is 0 Å². The van der Waals surface area contributed by atoms with Crippen molar-refractivity contribution in [1.82, 2.24) is 0 Å². The van der Waals surface area contributed by atoms with Crippen LogP contribution in [-0.2, 0) is 10.0 Å². The number of nitrogens with two attached hydrogens (primary N) is 1. The molecule has 0 aliphatic heterocycles. The number of rotatable bonds is 3. The average Bonchev–Trinajstić information content (AvgIpc) is 2.40. The molecular formula is C12H11Cl2N2O3S+. The number of hydrogen-bond donors (Lipinski definition) is 1. The smallest absolute Gasteiger partial charge is 0.247 e. The molecule has 2 N–H and O–H groups in total. The van der Waals surface area contributed by atoms with Crippen LogP contribution < -0.4 is 14.4 Å². The highest BCUT2D eigenvalue weighted by molar-refractivity contribution is 7.89. The van der Waals surface area contributed by atoms with E-state index in [0.29, 0.717) is 15.7 Å². The van der Waals surface area contributed by atoms with Crippen molar-refractivity contribution in [2.75, 3.05) is 7.11 Å². The Hall–Kier alpha value is -1.34. The number of nitrogens with zero attached hydrogens (tertiary/aromatic N) is 1. The lowest BCUT2D eigenvalue weighted by atomic mass is 10.3. The Labute approximate surface area is 126 Å². The van der Waals surface area contributed by atoms with Gasteiger partial charge < -0.3 is 4.74 Å². The summed E-state index contributed by atoms with van der Waals surface area (Å²) in [5, 5.41) is 6.07. The van der Waals surface area contributed by atoms with Gasteiger partial charge in [0.1, 0.15) is 5.02 Å². The largest absolute Gasteiger partial charge is 0.495 e. The Morgan fingerprint density at radius 2 is 1.95 bits per heavy atom. The van der Waals surface area contributed by atoms with E-state index in [4.69, 9.17) is 33.1 Å². The summed E-state index contributed by atoms with van der Waals surface area (Å²) in [5.74, 6) is 0.155. The molecule has 8 heteroatoms. The van der Waals surface area contributed by atoms with E-state index in [9.17, 15) is 8.42 Å². The van der Waals surface area contributed by atoms with Gasteiger partial charge in [0.05, 0.1) is 7.11 Å². The van der Waals surface area contributed by atoms with Gasteiger partial charge in [0.25, 0.3) is 0 Å². The minimum Gasteiger partial charge on any atom is -0.495 e. The maximum absolute atomic E-state index is 11.6. The second-order valence-corrected chi connectivity index (χ2v) is 6.30. The minimum absolute atomic E-state index is 0.140. The first-order valence-corrected chi connectivity index (χ1v) is 7.70. The van der Waals surface area contributed by atoms with E-state index in [2.05, 4.69) is 0 Å². The molecule has 0 atom stereocenters. The summed E-state index contributed by atoms with van der Waals surface area (Å²) in [6, 6.07) is 6.35. The highest BCUT2D eigenvalue weighted by Crippen LogP contribution is 2.23. The summed E-state index contributed by atoms with van der Waals surface area (Å²) in [4.78, 5) is -0.140. The normalized spacial score (nSPS) is 11.4. The van der Waals surface area contributed by atoms with Gasteiger partial charge in [-0.05, 0) is 12.1 Å². The van der Waals surface area contributed by atoms with E-state index in [1.165, 1.54) is 23.9 Å². The fraction of sp³-hybridized carbons (Fsp3) is 0.0833. The van der Waals surface area contributed by atoms with E-state index in [-0.39, 0.29) is 10.6 Å². The van der Waals surface area contributed by atoms with Crippen LogP contribution in [-0.4, -0.2) is 15.5 Å². The van der Waals surface area contributed by atoms with Crippen LogP contribution >= 0.6 is 23.2 Å². The highest BCUT2D eigenvalue weighted by atomic mass is 35.5. The van der Waals surface area contributed by atoms with Gasteiger partial charge in [-0.25, -0.2) is 13.6 Å². The predicted molar refractivity (Wildman–Crippen MR) is 75.9 cm³/mol. The minimum atomic E-state index is -3.92. The zero-order chi connectivity index (χ0) is 14.9. The summed E-state index contributed by atoms with van der Waals surface area (Å²) in [7, 11) is -2.56. The number of benzene rings is 1. The van der Waals surface area contributed by atoms with Crippen molar-refractivity contribution in [3.8, 4) is 11.4 Å². The molecule has 1 aromatic heterocycles. The molecular weight excluding hydrogens is 323 g/mol. The van der Waals surface area contributed by atoms with Crippen molar-refractivity contribution >= 4 is 33.2 Å². The van der Waals surface area contributed by atoms with E-state index < -0.39 is 10.0 Å². The molecule has 0 radical (unpaired) electrons. The second-order valence-electron chi connectivity index (χ2n) is 3.93. The molecule has 0 aliphatic rings. The number of aromatic nitrogens is 1. The van der Waals surface area contributed by atoms with Crippen LogP contribution in [0.25, 0.3) is 5.69 Å². The Kier molecular flexibility index (Phi) is 4.19. The van der Waals surface area contributed by atoms with Crippen molar-refractivity contribution in [2.24, 2.45) is 5.14 Å². The lowest BCUT2D eigenvalue weighted by Crippen LogP contribution is -2.32. The Morgan fingerprint density at radius 3 is 2.55 bits per heavy atom. The molecule has 0 fully saturated rings. The number of ether oxygens (including phenoxy) is 1. The Bertz CT molecular complexity index is 763. The monoisotopic (exact) mass is 333 g/mol. The third kappa shape index (κ3) is 3.04. The van der Waals surface area contributed by atoms with Crippen molar-refractivity contribution in [3.63, 3.8) is 0 Å².